The molecule has 6 heteroatoms. The van der Waals surface area contributed by atoms with E-state index in [1.54, 1.807) is 6.07 Å². The van der Waals surface area contributed by atoms with Crippen LogP contribution in [0.3, 0.4) is 0 Å². The van der Waals surface area contributed by atoms with Gasteiger partial charge in [-0.15, -0.1) is 10.2 Å². The third-order valence-corrected chi connectivity index (χ3v) is 3.18. The lowest BCUT2D eigenvalue weighted by Gasteiger charge is -2.09. The van der Waals surface area contributed by atoms with Gasteiger partial charge in [0.1, 0.15) is 5.75 Å². The summed E-state index contributed by atoms with van der Waals surface area (Å²) in [5, 5.41) is 27.0. The van der Waals surface area contributed by atoms with E-state index in [0.717, 1.165) is 22.4 Å². The molecule has 2 aromatic carbocycles. The summed E-state index contributed by atoms with van der Waals surface area (Å²) in [5.74, 6) is 0.847. The van der Waals surface area contributed by atoms with Crippen molar-refractivity contribution in [3.05, 3.63) is 53.6 Å². The Bertz CT molecular complexity index is 740. The predicted octanol–water partition coefficient (Wildman–Crippen LogP) is 2.49. The van der Waals surface area contributed by atoms with E-state index in [0.29, 0.717) is 18.1 Å². The first-order valence-electron chi connectivity index (χ1n) is 6.58. The summed E-state index contributed by atoms with van der Waals surface area (Å²) in [6.45, 7) is 2.54. The monoisotopic (exact) mass is 281 g/mol. The molecule has 0 unspecified atom stereocenters. The Kier molecular flexibility index (Phi) is 3.51. The fraction of sp³-hybridized carbons (Fsp3) is 0.133. The van der Waals surface area contributed by atoms with E-state index in [2.05, 4.69) is 25.9 Å². The van der Waals surface area contributed by atoms with Crippen LogP contribution in [0.15, 0.2) is 42.5 Å². The molecule has 0 bridgehead atoms. The van der Waals surface area contributed by atoms with Crippen molar-refractivity contribution in [1.29, 1.82) is 0 Å². The molecule has 1 heterocycles. The molecule has 6 nitrogen and oxygen atoms in total. The van der Waals surface area contributed by atoms with Crippen molar-refractivity contribution in [2.75, 3.05) is 5.32 Å². The number of tetrazole rings is 1. The number of benzene rings is 2. The van der Waals surface area contributed by atoms with Gasteiger partial charge in [-0.3, -0.25) is 0 Å². The van der Waals surface area contributed by atoms with Gasteiger partial charge in [0.25, 0.3) is 0 Å². The van der Waals surface area contributed by atoms with Gasteiger partial charge in [-0.1, -0.05) is 29.8 Å². The van der Waals surface area contributed by atoms with Crippen LogP contribution in [0.5, 0.6) is 5.75 Å². The first-order valence-corrected chi connectivity index (χ1v) is 6.58. The maximum Gasteiger partial charge on any atom is 0.204 e. The number of H-pyrrole nitrogens is 1. The van der Waals surface area contributed by atoms with Gasteiger partial charge in [0.15, 0.2) is 0 Å². The van der Waals surface area contributed by atoms with E-state index in [4.69, 9.17) is 0 Å². The third-order valence-electron chi connectivity index (χ3n) is 3.18. The standard InChI is InChI=1S/C15H15N5O/c1-10-5-6-14(21)12(7-10)9-16-13-4-2-3-11(8-13)15-17-19-20-18-15/h2-8,16,21H,9H2,1H3,(H,17,18,19,20). The van der Waals surface area contributed by atoms with Crippen molar-refractivity contribution in [3.63, 3.8) is 0 Å². The minimum atomic E-state index is 0.294. The highest BCUT2D eigenvalue weighted by molar-refractivity contribution is 5.61. The largest absolute Gasteiger partial charge is 0.508 e. The summed E-state index contributed by atoms with van der Waals surface area (Å²) >= 11 is 0. The molecule has 106 valence electrons. The number of aromatic nitrogens is 4. The molecule has 1 aromatic heterocycles. The molecule has 3 rings (SSSR count). The molecule has 0 aliphatic carbocycles. The van der Waals surface area contributed by atoms with Gasteiger partial charge in [-0.2, -0.15) is 5.21 Å². The molecule has 21 heavy (non-hydrogen) atoms. The predicted molar refractivity (Wildman–Crippen MR) is 79.8 cm³/mol. The fourth-order valence-corrected chi connectivity index (χ4v) is 2.11. The van der Waals surface area contributed by atoms with Crippen molar-refractivity contribution >= 4 is 5.69 Å². The van der Waals surface area contributed by atoms with Crippen molar-refractivity contribution in [2.24, 2.45) is 0 Å². The number of phenols is 1. The van der Waals surface area contributed by atoms with Gasteiger partial charge in [-0.25, -0.2) is 0 Å². The quantitative estimate of drug-likeness (QED) is 0.684. The van der Waals surface area contributed by atoms with Crippen LogP contribution in [-0.4, -0.2) is 25.7 Å². The van der Waals surface area contributed by atoms with E-state index >= 15 is 0 Å². The smallest absolute Gasteiger partial charge is 0.204 e. The van der Waals surface area contributed by atoms with E-state index in [9.17, 15) is 5.11 Å². The molecule has 0 fully saturated rings. The highest BCUT2D eigenvalue weighted by atomic mass is 16.3. The minimum Gasteiger partial charge on any atom is -0.508 e. The Morgan fingerprint density at radius 3 is 2.90 bits per heavy atom. The van der Waals surface area contributed by atoms with E-state index in [-0.39, 0.29) is 0 Å². The molecule has 0 saturated carbocycles. The number of nitrogens with one attached hydrogen (secondary N) is 2. The molecule has 0 radical (unpaired) electrons. The highest BCUT2D eigenvalue weighted by Gasteiger charge is 2.05. The average Bonchev–Trinajstić information content (AvgIpc) is 3.03. The Morgan fingerprint density at radius 1 is 1.19 bits per heavy atom. The van der Waals surface area contributed by atoms with Gasteiger partial charge in [0, 0.05) is 23.4 Å². The van der Waals surface area contributed by atoms with Gasteiger partial charge in [-0.05, 0) is 30.3 Å². The Labute approximate surface area is 121 Å². The van der Waals surface area contributed by atoms with Gasteiger partial charge >= 0.3 is 0 Å². The van der Waals surface area contributed by atoms with Crippen LogP contribution in [0.1, 0.15) is 11.1 Å². The van der Waals surface area contributed by atoms with E-state index in [1.807, 2.05) is 43.3 Å². The number of phenolic OH excluding ortho intramolecular Hbond substituents is 1. The molecule has 3 aromatic rings. The number of anilines is 1. The maximum atomic E-state index is 9.85. The summed E-state index contributed by atoms with van der Waals surface area (Å²) in [4.78, 5) is 0. The second kappa shape index (κ2) is 5.62. The Balaban J connectivity index is 1.76. The molecule has 0 aliphatic heterocycles. The van der Waals surface area contributed by atoms with Crippen LogP contribution < -0.4 is 5.32 Å². The molecular weight excluding hydrogens is 266 g/mol. The topological polar surface area (TPSA) is 86.7 Å². The number of aromatic hydroxyl groups is 1. The first-order chi connectivity index (χ1) is 10.2. The van der Waals surface area contributed by atoms with Gasteiger partial charge in [0.05, 0.1) is 0 Å². The average molecular weight is 281 g/mol. The van der Waals surface area contributed by atoms with Crippen LogP contribution in [0.2, 0.25) is 0 Å². The normalized spacial score (nSPS) is 10.5. The lowest BCUT2D eigenvalue weighted by atomic mass is 10.1. The second-order valence-corrected chi connectivity index (χ2v) is 4.80. The van der Waals surface area contributed by atoms with Gasteiger partial charge in [0.2, 0.25) is 5.82 Å². The maximum absolute atomic E-state index is 9.85. The van der Waals surface area contributed by atoms with Crippen molar-refractivity contribution in [2.45, 2.75) is 13.5 Å². The Morgan fingerprint density at radius 2 is 2.10 bits per heavy atom. The lowest BCUT2D eigenvalue weighted by Crippen LogP contribution is -2.00. The summed E-state index contributed by atoms with van der Waals surface area (Å²) < 4.78 is 0. The van der Waals surface area contributed by atoms with Gasteiger partial charge < -0.3 is 10.4 Å². The highest BCUT2D eigenvalue weighted by Crippen LogP contribution is 2.22. The fourth-order valence-electron chi connectivity index (χ4n) is 2.11. The minimum absolute atomic E-state index is 0.294. The van der Waals surface area contributed by atoms with Crippen molar-refractivity contribution in [3.8, 4) is 17.1 Å². The molecule has 0 amide bonds. The van der Waals surface area contributed by atoms with Crippen molar-refractivity contribution < 1.29 is 5.11 Å². The Hall–Kier alpha value is -2.89. The summed E-state index contributed by atoms with van der Waals surface area (Å²) in [6.07, 6.45) is 0. The first kappa shape index (κ1) is 13.1. The summed E-state index contributed by atoms with van der Waals surface area (Å²) in [6, 6.07) is 13.3. The lowest BCUT2D eigenvalue weighted by molar-refractivity contribution is 0.469. The molecule has 0 atom stereocenters. The number of nitrogens with zero attached hydrogens (tertiary/aromatic N) is 3. The van der Waals surface area contributed by atoms with Crippen LogP contribution in [0.4, 0.5) is 5.69 Å². The zero-order valence-electron chi connectivity index (χ0n) is 11.5. The summed E-state index contributed by atoms with van der Waals surface area (Å²) in [7, 11) is 0. The van der Waals surface area contributed by atoms with Crippen LogP contribution >= 0.6 is 0 Å². The van der Waals surface area contributed by atoms with Crippen LogP contribution in [-0.2, 0) is 6.54 Å². The number of aromatic amines is 1. The van der Waals surface area contributed by atoms with Crippen LogP contribution in [0.25, 0.3) is 11.4 Å². The van der Waals surface area contributed by atoms with E-state index in [1.165, 1.54) is 0 Å². The SMILES string of the molecule is Cc1ccc(O)c(CNc2cccc(-c3nn[nH]n3)c2)c1. The number of hydrogen-bond acceptors (Lipinski definition) is 5. The molecule has 0 saturated heterocycles. The summed E-state index contributed by atoms with van der Waals surface area (Å²) in [5.41, 5.74) is 3.78. The third kappa shape index (κ3) is 3.00. The zero-order chi connectivity index (χ0) is 14.7. The van der Waals surface area contributed by atoms with E-state index < -0.39 is 0 Å². The number of rotatable bonds is 4. The molecule has 3 N–H and O–H groups in total. The zero-order valence-corrected chi connectivity index (χ0v) is 11.5. The molecule has 0 aliphatic rings. The van der Waals surface area contributed by atoms with Crippen LogP contribution in [0, 0.1) is 6.92 Å². The second-order valence-electron chi connectivity index (χ2n) is 4.80. The number of aryl methyl sites for hydroxylation is 1. The molecular formula is C15H15N5O. The number of hydrogen-bond donors (Lipinski definition) is 3. The van der Waals surface area contributed by atoms with Crippen molar-refractivity contribution in [1.82, 2.24) is 20.6 Å². The molecule has 0 spiro atoms.